The van der Waals surface area contributed by atoms with E-state index in [-0.39, 0.29) is 36.2 Å². The minimum absolute atomic E-state index is 0.0144. The van der Waals surface area contributed by atoms with Crippen molar-refractivity contribution in [2.75, 3.05) is 19.6 Å². The van der Waals surface area contributed by atoms with Crippen molar-refractivity contribution >= 4 is 21.9 Å². The van der Waals surface area contributed by atoms with Gasteiger partial charge in [0.15, 0.2) is 0 Å². The predicted molar refractivity (Wildman–Crippen MR) is 92.4 cm³/mol. The highest BCUT2D eigenvalue weighted by Crippen LogP contribution is 2.23. The zero-order chi connectivity index (χ0) is 18.4. The molecular formula is C17H24N2O5S. The first-order chi connectivity index (χ1) is 11.8. The molecule has 2 N–H and O–H groups in total. The molecule has 1 fully saturated rings. The van der Waals surface area contributed by atoms with Crippen LogP contribution in [0.5, 0.6) is 0 Å². The lowest BCUT2D eigenvalue weighted by Crippen LogP contribution is -2.46. The third-order valence-corrected chi connectivity index (χ3v) is 6.16. The number of hydrogen-bond donors (Lipinski definition) is 2. The van der Waals surface area contributed by atoms with Crippen LogP contribution in [0.4, 0.5) is 0 Å². The number of carbonyl (C=O) groups is 2. The zero-order valence-corrected chi connectivity index (χ0v) is 15.0. The van der Waals surface area contributed by atoms with Gasteiger partial charge in [0, 0.05) is 26.1 Å². The van der Waals surface area contributed by atoms with Crippen molar-refractivity contribution in [1.82, 2.24) is 9.62 Å². The molecule has 1 aliphatic rings. The molecule has 8 heteroatoms. The van der Waals surface area contributed by atoms with E-state index < -0.39 is 21.9 Å². The standard InChI is InChI=1S/C17H24N2O5S/c1-13(10-16(20)21)11-18-17(22)14-6-5-9-19(12-14)25(23,24)15-7-3-2-4-8-15/h2-4,7-8,13-14H,5-6,9-12H2,1H3,(H,18,22)(H,20,21). The average Bonchev–Trinajstić information content (AvgIpc) is 2.60. The summed E-state index contributed by atoms with van der Waals surface area (Å²) in [6.45, 7) is 2.57. The molecule has 1 aromatic rings. The number of carboxylic acid groups (broad SMARTS) is 1. The average molecular weight is 368 g/mol. The number of carboxylic acids is 1. The molecule has 138 valence electrons. The number of hydrogen-bond acceptors (Lipinski definition) is 4. The maximum atomic E-state index is 12.7. The fourth-order valence-corrected chi connectivity index (χ4v) is 4.45. The van der Waals surface area contributed by atoms with E-state index in [1.54, 1.807) is 37.3 Å². The van der Waals surface area contributed by atoms with Crippen LogP contribution in [0, 0.1) is 11.8 Å². The molecule has 0 aliphatic carbocycles. The molecular weight excluding hydrogens is 344 g/mol. The van der Waals surface area contributed by atoms with Crippen LogP contribution in [0.2, 0.25) is 0 Å². The number of benzene rings is 1. The zero-order valence-electron chi connectivity index (χ0n) is 14.2. The molecule has 0 spiro atoms. The molecule has 1 saturated heterocycles. The van der Waals surface area contributed by atoms with E-state index in [9.17, 15) is 18.0 Å². The Hall–Kier alpha value is -1.93. The van der Waals surface area contributed by atoms with E-state index >= 15 is 0 Å². The van der Waals surface area contributed by atoms with Crippen LogP contribution in [-0.4, -0.2) is 49.3 Å². The highest BCUT2D eigenvalue weighted by molar-refractivity contribution is 7.89. The lowest BCUT2D eigenvalue weighted by Gasteiger charge is -2.31. The lowest BCUT2D eigenvalue weighted by molar-refractivity contribution is -0.138. The number of nitrogens with one attached hydrogen (secondary N) is 1. The van der Waals surface area contributed by atoms with Gasteiger partial charge in [-0.2, -0.15) is 4.31 Å². The molecule has 1 heterocycles. The molecule has 0 saturated carbocycles. The van der Waals surface area contributed by atoms with Crippen LogP contribution in [0.25, 0.3) is 0 Å². The summed E-state index contributed by atoms with van der Waals surface area (Å²) in [6.07, 6.45) is 1.23. The highest BCUT2D eigenvalue weighted by atomic mass is 32.2. The summed E-state index contributed by atoms with van der Waals surface area (Å²) in [6, 6.07) is 8.19. The maximum Gasteiger partial charge on any atom is 0.303 e. The largest absolute Gasteiger partial charge is 0.481 e. The van der Waals surface area contributed by atoms with Gasteiger partial charge in [-0.1, -0.05) is 25.1 Å². The number of aliphatic carboxylic acids is 1. The Bertz CT molecular complexity index is 705. The molecule has 25 heavy (non-hydrogen) atoms. The second-order valence-corrected chi connectivity index (χ2v) is 8.40. The number of piperidine rings is 1. The van der Waals surface area contributed by atoms with Gasteiger partial charge in [0.05, 0.1) is 10.8 Å². The van der Waals surface area contributed by atoms with Gasteiger partial charge in [0.25, 0.3) is 0 Å². The van der Waals surface area contributed by atoms with E-state index in [0.717, 1.165) is 0 Å². The third kappa shape index (κ3) is 5.27. The fraction of sp³-hybridized carbons (Fsp3) is 0.529. The Morgan fingerprint density at radius 2 is 2.00 bits per heavy atom. The summed E-state index contributed by atoms with van der Waals surface area (Å²) < 4.78 is 26.7. The highest BCUT2D eigenvalue weighted by Gasteiger charge is 2.33. The minimum Gasteiger partial charge on any atom is -0.481 e. The topological polar surface area (TPSA) is 104 Å². The smallest absolute Gasteiger partial charge is 0.303 e. The summed E-state index contributed by atoms with van der Waals surface area (Å²) in [4.78, 5) is 23.2. The molecule has 1 aliphatic heterocycles. The van der Waals surface area contributed by atoms with Gasteiger partial charge < -0.3 is 10.4 Å². The Kier molecular flexibility index (Phi) is 6.55. The lowest BCUT2D eigenvalue weighted by atomic mass is 9.98. The normalized spacial score (nSPS) is 20.0. The minimum atomic E-state index is -3.60. The van der Waals surface area contributed by atoms with Crippen LogP contribution in [0.3, 0.4) is 0 Å². The van der Waals surface area contributed by atoms with Crippen LogP contribution in [0.15, 0.2) is 35.2 Å². The molecule has 0 radical (unpaired) electrons. The number of rotatable bonds is 7. The SMILES string of the molecule is CC(CNC(=O)C1CCCN(S(=O)(=O)c2ccccc2)C1)CC(=O)O. The number of amides is 1. The number of nitrogens with zero attached hydrogens (tertiary/aromatic N) is 1. The van der Waals surface area contributed by atoms with Gasteiger partial charge in [-0.25, -0.2) is 8.42 Å². The van der Waals surface area contributed by atoms with E-state index in [4.69, 9.17) is 5.11 Å². The Labute approximate surface area is 148 Å². The van der Waals surface area contributed by atoms with E-state index in [1.807, 2.05) is 0 Å². The molecule has 1 aromatic carbocycles. The van der Waals surface area contributed by atoms with Crippen molar-refractivity contribution < 1.29 is 23.1 Å². The van der Waals surface area contributed by atoms with Gasteiger partial charge in [-0.15, -0.1) is 0 Å². The van der Waals surface area contributed by atoms with Crippen molar-refractivity contribution in [2.24, 2.45) is 11.8 Å². The molecule has 2 rings (SSSR count). The maximum absolute atomic E-state index is 12.7. The Balaban J connectivity index is 1.96. The Morgan fingerprint density at radius 3 is 2.64 bits per heavy atom. The van der Waals surface area contributed by atoms with Crippen molar-refractivity contribution in [2.45, 2.75) is 31.1 Å². The monoisotopic (exact) mass is 368 g/mol. The first-order valence-corrected chi connectivity index (χ1v) is 9.79. The van der Waals surface area contributed by atoms with Crippen molar-refractivity contribution in [3.63, 3.8) is 0 Å². The predicted octanol–water partition coefficient (Wildman–Crippen LogP) is 1.31. The van der Waals surface area contributed by atoms with Crippen LogP contribution < -0.4 is 5.32 Å². The first kappa shape index (κ1) is 19.4. The molecule has 7 nitrogen and oxygen atoms in total. The molecule has 1 amide bonds. The number of carbonyl (C=O) groups excluding carboxylic acids is 1. The van der Waals surface area contributed by atoms with Crippen molar-refractivity contribution in [1.29, 1.82) is 0 Å². The molecule has 0 bridgehead atoms. The molecule has 0 aromatic heterocycles. The van der Waals surface area contributed by atoms with Crippen molar-refractivity contribution in [3.05, 3.63) is 30.3 Å². The van der Waals surface area contributed by atoms with Gasteiger partial charge in [-0.05, 0) is 30.9 Å². The fourth-order valence-electron chi connectivity index (χ4n) is 2.91. The summed E-state index contributed by atoms with van der Waals surface area (Å²) in [5.41, 5.74) is 0. The molecule has 2 atom stereocenters. The van der Waals surface area contributed by atoms with Gasteiger partial charge >= 0.3 is 5.97 Å². The van der Waals surface area contributed by atoms with Crippen LogP contribution >= 0.6 is 0 Å². The Morgan fingerprint density at radius 1 is 1.32 bits per heavy atom. The van der Waals surface area contributed by atoms with Gasteiger partial charge in [0.2, 0.25) is 15.9 Å². The summed E-state index contributed by atoms with van der Waals surface area (Å²) in [7, 11) is -3.60. The van der Waals surface area contributed by atoms with Crippen LogP contribution in [0.1, 0.15) is 26.2 Å². The first-order valence-electron chi connectivity index (χ1n) is 8.35. The van der Waals surface area contributed by atoms with E-state index in [1.165, 1.54) is 4.31 Å². The number of sulfonamides is 1. The van der Waals surface area contributed by atoms with Gasteiger partial charge in [-0.3, -0.25) is 9.59 Å². The summed E-state index contributed by atoms with van der Waals surface area (Å²) in [5.74, 6) is -1.71. The summed E-state index contributed by atoms with van der Waals surface area (Å²) in [5, 5.41) is 11.5. The second kappa shape index (κ2) is 8.44. The quantitative estimate of drug-likeness (QED) is 0.755. The van der Waals surface area contributed by atoms with Crippen molar-refractivity contribution in [3.8, 4) is 0 Å². The van der Waals surface area contributed by atoms with E-state index in [0.29, 0.717) is 19.4 Å². The van der Waals surface area contributed by atoms with E-state index in [2.05, 4.69) is 5.32 Å². The van der Waals surface area contributed by atoms with Gasteiger partial charge in [0.1, 0.15) is 0 Å². The van der Waals surface area contributed by atoms with Crippen LogP contribution in [-0.2, 0) is 19.6 Å². The third-order valence-electron chi connectivity index (χ3n) is 4.28. The second-order valence-electron chi connectivity index (χ2n) is 6.46. The molecule has 2 unspecified atom stereocenters. The summed E-state index contributed by atoms with van der Waals surface area (Å²) >= 11 is 0.